The average molecular weight is 240 g/mol. The summed E-state index contributed by atoms with van der Waals surface area (Å²) in [6.07, 6.45) is 5.79. The number of nitrogens with zero attached hydrogens (tertiary/aromatic N) is 1. The van der Waals surface area contributed by atoms with Crippen LogP contribution in [0, 0.1) is 11.3 Å². The standard InChI is InChI=1S/C15H32N2/c1-13(15(2,3)4)17(5)11-10-16-12-14-8-6-7-9-14/h13-14,16H,6-12H2,1-5H3. The average Bonchev–Trinajstić information content (AvgIpc) is 2.74. The molecule has 1 aliphatic rings. The number of likely N-dealkylation sites (N-methyl/N-ethyl adjacent to an activating group) is 1. The molecule has 2 heteroatoms. The number of hydrogen-bond donors (Lipinski definition) is 1. The molecular weight excluding hydrogens is 208 g/mol. The van der Waals surface area contributed by atoms with Gasteiger partial charge in [0.2, 0.25) is 0 Å². The molecule has 1 N–H and O–H groups in total. The highest BCUT2D eigenvalue weighted by molar-refractivity contribution is 4.78. The Balaban J connectivity index is 2.09. The molecule has 0 amide bonds. The lowest BCUT2D eigenvalue weighted by Gasteiger charge is -2.35. The monoisotopic (exact) mass is 240 g/mol. The van der Waals surface area contributed by atoms with Crippen molar-refractivity contribution in [3.05, 3.63) is 0 Å². The summed E-state index contributed by atoms with van der Waals surface area (Å²) in [5, 5.41) is 3.62. The van der Waals surface area contributed by atoms with Crippen molar-refractivity contribution in [2.24, 2.45) is 11.3 Å². The van der Waals surface area contributed by atoms with E-state index in [1.165, 1.54) is 32.2 Å². The molecule has 1 saturated carbocycles. The lowest BCUT2D eigenvalue weighted by Crippen LogP contribution is -2.42. The van der Waals surface area contributed by atoms with Gasteiger partial charge in [-0.1, -0.05) is 33.6 Å². The highest BCUT2D eigenvalue weighted by Gasteiger charge is 2.23. The maximum atomic E-state index is 3.62. The van der Waals surface area contributed by atoms with Gasteiger partial charge in [-0.2, -0.15) is 0 Å². The first-order valence-corrected chi connectivity index (χ1v) is 7.32. The van der Waals surface area contributed by atoms with Gasteiger partial charge in [-0.3, -0.25) is 0 Å². The van der Waals surface area contributed by atoms with Crippen molar-refractivity contribution in [2.45, 2.75) is 59.4 Å². The molecule has 17 heavy (non-hydrogen) atoms. The second kappa shape index (κ2) is 6.75. The van der Waals surface area contributed by atoms with Gasteiger partial charge in [0.15, 0.2) is 0 Å². The quantitative estimate of drug-likeness (QED) is 0.718. The minimum absolute atomic E-state index is 0.375. The first-order chi connectivity index (χ1) is 7.91. The van der Waals surface area contributed by atoms with E-state index in [4.69, 9.17) is 0 Å². The van der Waals surface area contributed by atoms with Gasteiger partial charge in [-0.05, 0) is 44.7 Å². The number of nitrogens with one attached hydrogen (secondary N) is 1. The Bertz CT molecular complexity index is 201. The zero-order chi connectivity index (χ0) is 12.9. The van der Waals surface area contributed by atoms with Crippen LogP contribution in [0.2, 0.25) is 0 Å². The Labute approximate surface area is 108 Å². The first kappa shape index (κ1) is 15.0. The molecule has 1 unspecified atom stereocenters. The first-order valence-electron chi connectivity index (χ1n) is 7.32. The van der Waals surface area contributed by atoms with Crippen molar-refractivity contribution in [1.82, 2.24) is 10.2 Å². The minimum Gasteiger partial charge on any atom is -0.315 e. The highest BCUT2D eigenvalue weighted by Crippen LogP contribution is 2.24. The molecule has 0 aliphatic heterocycles. The molecule has 1 fully saturated rings. The van der Waals surface area contributed by atoms with Gasteiger partial charge in [0.1, 0.15) is 0 Å². The van der Waals surface area contributed by atoms with Crippen LogP contribution in [-0.2, 0) is 0 Å². The van der Waals surface area contributed by atoms with E-state index in [1.807, 2.05) is 0 Å². The Morgan fingerprint density at radius 1 is 1.24 bits per heavy atom. The van der Waals surface area contributed by atoms with Crippen LogP contribution in [0.15, 0.2) is 0 Å². The second-order valence-electron chi connectivity index (χ2n) is 6.88. The highest BCUT2D eigenvalue weighted by atomic mass is 15.1. The Morgan fingerprint density at radius 3 is 2.35 bits per heavy atom. The van der Waals surface area contributed by atoms with E-state index in [1.54, 1.807) is 0 Å². The van der Waals surface area contributed by atoms with E-state index < -0.39 is 0 Å². The van der Waals surface area contributed by atoms with Crippen molar-refractivity contribution in [1.29, 1.82) is 0 Å². The molecule has 2 nitrogen and oxygen atoms in total. The summed E-state index contributed by atoms with van der Waals surface area (Å²) in [5.74, 6) is 0.959. The molecule has 0 heterocycles. The van der Waals surface area contributed by atoms with Crippen molar-refractivity contribution in [3.63, 3.8) is 0 Å². The predicted molar refractivity (Wildman–Crippen MR) is 76.4 cm³/mol. The van der Waals surface area contributed by atoms with Crippen molar-refractivity contribution >= 4 is 0 Å². The fourth-order valence-electron chi connectivity index (χ4n) is 2.63. The van der Waals surface area contributed by atoms with Gasteiger partial charge < -0.3 is 10.2 Å². The van der Waals surface area contributed by atoms with Crippen molar-refractivity contribution in [2.75, 3.05) is 26.7 Å². The minimum atomic E-state index is 0.375. The van der Waals surface area contributed by atoms with E-state index in [0.29, 0.717) is 11.5 Å². The van der Waals surface area contributed by atoms with E-state index >= 15 is 0 Å². The van der Waals surface area contributed by atoms with Crippen LogP contribution in [0.1, 0.15) is 53.4 Å². The van der Waals surface area contributed by atoms with Gasteiger partial charge in [0, 0.05) is 19.1 Å². The van der Waals surface area contributed by atoms with Gasteiger partial charge in [-0.25, -0.2) is 0 Å². The maximum absolute atomic E-state index is 3.62. The summed E-state index contributed by atoms with van der Waals surface area (Å²) in [6.45, 7) is 12.8. The van der Waals surface area contributed by atoms with Crippen LogP contribution in [0.25, 0.3) is 0 Å². The predicted octanol–water partition coefficient (Wildman–Crippen LogP) is 3.13. The fourth-order valence-corrected chi connectivity index (χ4v) is 2.63. The summed E-state index contributed by atoms with van der Waals surface area (Å²) in [7, 11) is 2.24. The van der Waals surface area contributed by atoms with E-state index in [9.17, 15) is 0 Å². The molecular formula is C15H32N2. The molecule has 0 bridgehead atoms. The molecule has 0 radical (unpaired) electrons. The van der Waals surface area contributed by atoms with Crippen LogP contribution in [0.4, 0.5) is 0 Å². The van der Waals surface area contributed by atoms with Gasteiger partial charge >= 0.3 is 0 Å². The van der Waals surface area contributed by atoms with E-state index in [0.717, 1.165) is 19.0 Å². The molecule has 1 aliphatic carbocycles. The largest absolute Gasteiger partial charge is 0.315 e. The van der Waals surface area contributed by atoms with Gasteiger partial charge in [-0.15, -0.1) is 0 Å². The lowest BCUT2D eigenvalue weighted by molar-refractivity contribution is 0.141. The van der Waals surface area contributed by atoms with Crippen molar-refractivity contribution in [3.8, 4) is 0 Å². The smallest absolute Gasteiger partial charge is 0.0113 e. The van der Waals surface area contributed by atoms with Gasteiger partial charge in [0.05, 0.1) is 0 Å². The van der Waals surface area contributed by atoms with Gasteiger partial charge in [0.25, 0.3) is 0 Å². The zero-order valence-electron chi connectivity index (χ0n) is 12.6. The summed E-state index contributed by atoms with van der Waals surface area (Å²) in [6, 6.07) is 0.635. The molecule has 1 atom stereocenters. The fraction of sp³-hybridized carbons (Fsp3) is 1.00. The zero-order valence-corrected chi connectivity index (χ0v) is 12.6. The van der Waals surface area contributed by atoms with Crippen LogP contribution >= 0.6 is 0 Å². The van der Waals surface area contributed by atoms with E-state index in [-0.39, 0.29) is 0 Å². The molecule has 102 valence electrons. The second-order valence-corrected chi connectivity index (χ2v) is 6.88. The molecule has 0 saturated heterocycles. The molecule has 0 aromatic heterocycles. The third kappa shape index (κ3) is 5.39. The molecule has 0 aromatic carbocycles. The third-order valence-electron chi connectivity index (χ3n) is 4.46. The normalized spacial score (nSPS) is 20.1. The van der Waals surface area contributed by atoms with E-state index in [2.05, 4.69) is 45.0 Å². The SMILES string of the molecule is CC(N(C)CCNCC1CCCC1)C(C)(C)C. The van der Waals surface area contributed by atoms with Crippen LogP contribution < -0.4 is 5.32 Å². The Morgan fingerprint density at radius 2 is 1.82 bits per heavy atom. The summed E-state index contributed by atoms with van der Waals surface area (Å²) >= 11 is 0. The maximum Gasteiger partial charge on any atom is 0.0113 e. The summed E-state index contributed by atoms with van der Waals surface area (Å²) in [5.41, 5.74) is 0.375. The topological polar surface area (TPSA) is 15.3 Å². The summed E-state index contributed by atoms with van der Waals surface area (Å²) in [4.78, 5) is 2.47. The van der Waals surface area contributed by atoms with Crippen LogP contribution in [0.5, 0.6) is 0 Å². The number of rotatable bonds is 6. The molecule has 1 rings (SSSR count). The van der Waals surface area contributed by atoms with Crippen LogP contribution in [-0.4, -0.2) is 37.6 Å². The molecule has 0 spiro atoms. The number of hydrogen-bond acceptors (Lipinski definition) is 2. The van der Waals surface area contributed by atoms with Crippen LogP contribution in [0.3, 0.4) is 0 Å². The Kier molecular flexibility index (Phi) is 5.94. The Hall–Kier alpha value is -0.0800. The third-order valence-corrected chi connectivity index (χ3v) is 4.46. The summed E-state index contributed by atoms with van der Waals surface area (Å²) < 4.78 is 0. The molecule has 0 aromatic rings. The lowest BCUT2D eigenvalue weighted by atomic mass is 9.87. The van der Waals surface area contributed by atoms with Crippen molar-refractivity contribution < 1.29 is 0 Å².